The summed E-state index contributed by atoms with van der Waals surface area (Å²) in [7, 11) is -1.36. The number of rotatable bonds is 5. The minimum Gasteiger partial charge on any atom is -0.493 e. The fourth-order valence-electron chi connectivity index (χ4n) is 1.94. The minimum absolute atomic E-state index is 0.211. The molecule has 0 radical (unpaired) electrons. The molecule has 0 aliphatic rings. The zero-order valence-electron chi connectivity index (χ0n) is 12.9. The lowest BCUT2D eigenvalue weighted by atomic mass is 10.2. The summed E-state index contributed by atoms with van der Waals surface area (Å²) in [6.45, 7) is 0. The number of anilines is 2. The molecule has 0 saturated carbocycles. The van der Waals surface area contributed by atoms with E-state index in [1.165, 1.54) is 32.4 Å². The molecule has 0 spiro atoms. The molecule has 0 unspecified atom stereocenters. The molecule has 2 aromatic rings. The smallest absolute Gasteiger partial charge is 0.323 e. The summed E-state index contributed by atoms with van der Waals surface area (Å²) in [5.41, 5.74) is 0.666. The van der Waals surface area contributed by atoms with Gasteiger partial charge in [0.05, 0.1) is 19.1 Å². The Labute approximate surface area is 139 Å². The maximum Gasteiger partial charge on any atom is 0.323 e. The molecular formula is C15H16N2O6S. The molecule has 3 N–H and O–H groups in total. The van der Waals surface area contributed by atoms with Gasteiger partial charge in [0.15, 0.2) is 11.5 Å². The van der Waals surface area contributed by atoms with Gasteiger partial charge in [0, 0.05) is 17.4 Å². The summed E-state index contributed by atoms with van der Waals surface area (Å²) in [6, 6.07) is 9.49. The Balaban J connectivity index is 2.11. The summed E-state index contributed by atoms with van der Waals surface area (Å²) in [5, 5.41) is 5.05. The Morgan fingerprint density at radius 2 is 1.58 bits per heavy atom. The first-order valence-electron chi connectivity index (χ1n) is 6.71. The molecule has 2 amide bonds. The molecule has 128 valence electrons. The highest BCUT2D eigenvalue weighted by molar-refractivity contribution is 7.85. The van der Waals surface area contributed by atoms with E-state index < -0.39 is 16.1 Å². The number of hydrogen-bond donors (Lipinski definition) is 3. The number of carbonyl (C=O) groups excluding carboxylic acids is 1. The van der Waals surface area contributed by atoms with Crippen LogP contribution in [-0.4, -0.2) is 33.2 Å². The second kappa shape index (κ2) is 7.20. The van der Waals surface area contributed by atoms with Gasteiger partial charge in [-0.3, -0.25) is 4.55 Å². The van der Waals surface area contributed by atoms with Crippen LogP contribution in [0, 0.1) is 0 Å². The fourth-order valence-corrected chi connectivity index (χ4v) is 2.47. The van der Waals surface area contributed by atoms with Crippen LogP contribution in [0.15, 0.2) is 47.4 Å². The topological polar surface area (TPSA) is 114 Å². The number of benzene rings is 2. The summed E-state index contributed by atoms with van der Waals surface area (Å²) in [4.78, 5) is 11.7. The molecule has 24 heavy (non-hydrogen) atoms. The van der Waals surface area contributed by atoms with Crippen molar-refractivity contribution >= 4 is 27.5 Å². The van der Waals surface area contributed by atoms with Crippen LogP contribution in [0.25, 0.3) is 0 Å². The van der Waals surface area contributed by atoms with Crippen molar-refractivity contribution < 1.29 is 27.2 Å². The molecule has 0 aliphatic carbocycles. The maximum absolute atomic E-state index is 12.0. The normalized spacial score (nSPS) is 10.8. The Morgan fingerprint density at radius 3 is 2.17 bits per heavy atom. The van der Waals surface area contributed by atoms with Crippen molar-refractivity contribution in [2.45, 2.75) is 4.90 Å². The first-order valence-corrected chi connectivity index (χ1v) is 8.15. The van der Waals surface area contributed by atoms with E-state index in [-0.39, 0.29) is 10.6 Å². The van der Waals surface area contributed by atoms with Gasteiger partial charge in [-0.25, -0.2) is 4.79 Å². The highest BCUT2D eigenvalue weighted by atomic mass is 32.2. The first-order chi connectivity index (χ1) is 11.3. The summed E-state index contributed by atoms with van der Waals surface area (Å²) < 4.78 is 41.4. The molecule has 2 rings (SSSR count). The van der Waals surface area contributed by atoms with Gasteiger partial charge in [0.1, 0.15) is 0 Å². The maximum atomic E-state index is 12.0. The Hall–Kier alpha value is -2.78. The van der Waals surface area contributed by atoms with Crippen LogP contribution >= 0.6 is 0 Å². The monoisotopic (exact) mass is 352 g/mol. The van der Waals surface area contributed by atoms with E-state index >= 15 is 0 Å². The second-order valence-corrected chi connectivity index (χ2v) is 6.07. The molecule has 9 heteroatoms. The average Bonchev–Trinajstić information content (AvgIpc) is 2.54. The molecule has 0 fully saturated rings. The number of nitrogens with one attached hydrogen (secondary N) is 2. The number of carbonyl (C=O) groups is 1. The van der Waals surface area contributed by atoms with E-state index in [2.05, 4.69) is 10.6 Å². The van der Waals surface area contributed by atoms with E-state index in [1.54, 1.807) is 18.2 Å². The van der Waals surface area contributed by atoms with E-state index in [0.717, 1.165) is 6.07 Å². The van der Waals surface area contributed by atoms with E-state index in [4.69, 9.17) is 14.0 Å². The summed E-state index contributed by atoms with van der Waals surface area (Å²) in [5.74, 6) is 0.966. The molecular weight excluding hydrogens is 336 g/mol. The zero-order chi connectivity index (χ0) is 17.7. The summed E-state index contributed by atoms with van der Waals surface area (Å²) in [6.07, 6.45) is 0. The lowest BCUT2D eigenvalue weighted by Gasteiger charge is -2.11. The predicted octanol–water partition coefficient (Wildman–Crippen LogP) is 2.59. The van der Waals surface area contributed by atoms with E-state index in [1.807, 2.05) is 0 Å². The van der Waals surface area contributed by atoms with Crippen LogP contribution in [0.4, 0.5) is 16.2 Å². The summed E-state index contributed by atoms with van der Waals surface area (Å²) >= 11 is 0. The van der Waals surface area contributed by atoms with E-state index in [9.17, 15) is 13.2 Å². The van der Waals surface area contributed by atoms with E-state index in [0.29, 0.717) is 17.2 Å². The van der Waals surface area contributed by atoms with Crippen molar-refractivity contribution in [2.24, 2.45) is 0 Å². The van der Waals surface area contributed by atoms with Gasteiger partial charge in [-0.1, -0.05) is 6.07 Å². The minimum atomic E-state index is -4.34. The van der Waals surface area contributed by atoms with Gasteiger partial charge in [-0.05, 0) is 30.3 Å². The molecule has 0 aromatic heterocycles. The predicted molar refractivity (Wildman–Crippen MR) is 88.4 cm³/mol. The third kappa shape index (κ3) is 4.37. The highest BCUT2D eigenvalue weighted by Gasteiger charge is 2.11. The lowest BCUT2D eigenvalue weighted by Crippen LogP contribution is -2.19. The quantitative estimate of drug-likeness (QED) is 0.713. The third-order valence-corrected chi connectivity index (χ3v) is 3.88. The molecule has 8 nitrogen and oxygen atoms in total. The number of methoxy groups -OCH3 is 2. The second-order valence-electron chi connectivity index (χ2n) is 4.65. The molecule has 0 bridgehead atoms. The molecule has 0 aliphatic heterocycles. The van der Waals surface area contributed by atoms with Crippen LogP contribution in [0.3, 0.4) is 0 Å². The van der Waals surface area contributed by atoms with Gasteiger partial charge in [0.25, 0.3) is 10.1 Å². The first kappa shape index (κ1) is 17.6. The van der Waals surface area contributed by atoms with Crippen LogP contribution < -0.4 is 20.1 Å². The Bertz CT molecular complexity index is 851. The third-order valence-electron chi connectivity index (χ3n) is 3.03. The van der Waals surface area contributed by atoms with Crippen molar-refractivity contribution in [3.05, 3.63) is 42.5 Å². The number of hydrogen-bond acceptors (Lipinski definition) is 5. The van der Waals surface area contributed by atoms with Gasteiger partial charge in [0.2, 0.25) is 0 Å². The van der Waals surface area contributed by atoms with Gasteiger partial charge >= 0.3 is 6.03 Å². The van der Waals surface area contributed by atoms with Crippen LogP contribution in [0.5, 0.6) is 11.5 Å². The van der Waals surface area contributed by atoms with Gasteiger partial charge in [-0.2, -0.15) is 8.42 Å². The highest BCUT2D eigenvalue weighted by Crippen LogP contribution is 2.29. The largest absolute Gasteiger partial charge is 0.493 e. The van der Waals surface area contributed by atoms with Crippen LogP contribution in [-0.2, 0) is 10.1 Å². The standard InChI is InChI=1S/C15H16N2O6S/c1-22-13-7-6-11(9-14(13)23-2)17-15(18)16-10-4-3-5-12(8-10)24(19,20)21/h3-9H,1-2H3,(H2,16,17,18)(H,19,20,21). The van der Waals surface area contributed by atoms with Gasteiger partial charge < -0.3 is 20.1 Å². The van der Waals surface area contributed by atoms with Crippen molar-refractivity contribution in [3.8, 4) is 11.5 Å². The molecule has 2 aromatic carbocycles. The van der Waals surface area contributed by atoms with Gasteiger partial charge in [-0.15, -0.1) is 0 Å². The lowest BCUT2D eigenvalue weighted by molar-refractivity contribution is 0.262. The molecule has 0 atom stereocenters. The number of urea groups is 1. The average molecular weight is 352 g/mol. The van der Waals surface area contributed by atoms with Crippen molar-refractivity contribution in [1.29, 1.82) is 0 Å². The number of amides is 2. The molecule has 0 saturated heterocycles. The van der Waals surface area contributed by atoms with Crippen LogP contribution in [0.2, 0.25) is 0 Å². The fraction of sp³-hybridized carbons (Fsp3) is 0.133. The van der Waals surface area contributed by atoms with Crippen molar-refractivity contribution in [3.63, 3.8) is 0 Å². The zero-order valence-corrected chi connectivity index (χ0v) is 13.8. The van der Waals surface area contributed by atoms with Crippen LogP contribution in [0.1, 0.15) is 0 Å². The Morgan fingerprint density at radius 1 is 0.958 bits per heavy atom. The van der Waals surface area contributed by atoms with Crippen molar-refractivity contribution in [2.75, 3.05) is 24.9 Å². The molecule has 0 heterocycles. The Kier molecular flexibility index (Phi) is 5.27. The van der Waals surface area contributed by atoms with Crippen molar-refractivity contribution in [1.82, 2.24) is 0 Å². The SMILES string of the molecule is COc1ccc(NC(=O)Nc2cccc(S(=O)(=O)O)c2)cc1OC. The number of ether oxygens (including phenoxy) is 2.